The van der Waals surface area contributed by atoms with E-state index in [0.29, 0.717) is 12.1 Å². The van der Waals surface area contributed by atoms with Crippen LogP contribution in [0.5, 0.6) is 5.75 Å². The second-order valence-electron chi connectivity index (χ2n) is 6.15. The Morgan fingerprint density at radius 3 is 2.62 bits per heavy atom. The fourth-order valence-electron chi connectivity index (χ4n) is 2.89. The van der Waals surface area contributed by atoms with E-state index in [0.717, 1.165) is 28.0 Å². The fraction of sp³-hybridized carbons (Fsp3) is 0.143. The number of carbonyl (C=O) groups excluding carboxylic acids is 1. The summed E-state index contributed by atoms with van der Waals surface area (Å²) in [4.78, 5) is 23.5. The Labute approximate surface area is 151 Å². The summed E-state index contributed by atoms with van der Waals surface area (Å²) in [7, 11) is 1.63. The predicted molar refractivity (Wildman–Crippen MR) is 101 cm³/mol. The minimum absolute atomic E-state index is 0.192. The van der Waals surface area contributed by atoms with Gasteiger partial charge in [-0.15, -0.1) is 0 Å². The number of methoxy groups -OCH3 is 1. The Morgan fingerprint density at radius 1 is 1.12 bits per heavy atom. The van der Waals surface area contributed by atoms with Crippen molar-refractivity contribution >= 4 is 5.91 Å². The molecular formula is C21H20N2O3. The van der Waals surface area contributed by atoms with Gasteiger partial charge < -0.3 is 15.0 Å². The Morgan fingerprint density at radius 2 is 1.92 bits per heavy atom. The molecule has 2 N–H and O–H groups in total. The van der Waals surface area contributed by atoms with E-state index < -0.39 is 5.91 Å². The van der Waals surface area contributed by atoms with Gasteiger partial charge in [0.05, 0.1) is 19.2 Å². The molecule has 0 radical (unpaired) electrons. The Hall–Kier alpha value is -3.34. The van der Waals surface area contributed by atoms with E-state index >= 15 is 0 Å². The van der Waals surface area contributed by atoms with Crippen LogP contribution in [0.25, 0.3) is 11.1 Å². The lowest BCUT2D eigenvalue weighted by molar-refractivity contribution is 0.0999. The third-order valence-electron chi connectivity index (χ3n) is 4.21. The maximum absolute atomic E-state index is 12.1. The van der Waals surface area contributed by atoms with Gasteiger partial charge in [-0.2, -0.15) is 0 Å². The molecule has 0 aliphatic carbocycles. The number of primary amides is 1. The molecule has 5 heteroatoms. The van der Waals surface area contributed by atoms with E-state index in [1.165, 1.54) is 22.9 Å². The second-order valence-corrected chi connectivity index (χ2v) is 6.15. The van der Waals surface area contributed by atoms with Crippen molar-refractivity contribution in [1.29, 1.82) is 0 Å². The third-order valence-corrected chi connectivity index (χ3v) is 4.21. The lowest BCUT2D eigenvalue weighted by Gasteiger charge is -2.13. The van der Waals surface area contributed by atoms with Crippen LogP contribution in [0.15, 0.2) is 65.6 Å². The number of carbonyl (C=O) groups is 1. The number of nitrogens with two attached hydrogens (primary N) is 1. The number of hydrogen-bond acceptors (Lipinski definition) is 3. The molecule has 0 unspecified atom stereocenters. The largest absolute Gasteiger partial charge is 0.496 e. The number of pyridine rings is 1. The van der Waals surface area contributed by atoms with Crippen LogP contribution < -0.4 is 16.0 Å². The monoisotopic (exact) mass is 348 g/mol. The molecule has 0 bridgehead atoms. The van der Waals surface area contributed by atoms with Gasteiger partial charge in [0.2, 0.25) is 5.91 Å². The highest BCUT2D eigenvalue weighted by atomic mass is 16.5. The van der Waals surface area contributed by atoms with Gasteiger partial charge in [0.15, 0.2) is 0 Å². The Bertz CT molecular complexity index is 1020. The first-order valence-corrected chi connectivity index (χ1v) is 8.22. The zero-order chi connectivity index (χ0) is 18.7. The van der Waals surface area contributed by atoms with Crippen LogP contribution in [-0.2, 0) is 6.54 Å². The number of rotatable bonds is 5. The first-order chi connectivity index (χ1) is 12.5. The van der Waals surface area contributed by atoms with Crippen molar-refractivity contribution in [3.63, 3.8) is 0 Å². The van der Waals surface area contributed by atoms with Crippen LogP contribution in [0.2, 0.25) is 0 Å². The number of benzene rings is 2. The number of hydrogen-bond donors (Lipinski definition) is 1. The van der Waals surface area contributed by atoms with Crippen molar-refractivity contribution in [2.24, 2.45) is 5.73 Å². The highest BCUT2D eigenvalue weighted by Crippen LogP contribution is 2.31. The third kappa shape index (κ3) is 3.67. The van der Waals surface area contributed by atoms with Gasteiger partial charge in [-0.25, -0.2) is 0 Å². The number of ether oxygens (including phenoxy) is 1. The van der Waals surface area contributed by atoms with E-state index in [1.54, 1.807) is 7.11 Å². The van der Waals surface area contributed by atoms with Crippen molar-refractivity contribution in [2.45, 2.75) is 13.5 Å². The summed E-state index contributed by atoms with van der Waals surface area (Å²) in [5.41, 5.74) is 9.49. The Balaban J connectivity index is 2.02. The number of aryl methyl sites for hydroxylation is 1. The van der Waals surface area contributed by atoms with E-state index in [9.17, 15) is 9.59 Å². The van der Waals surface area contributed by atoms with E-state index in [-0.39, 0.29) is 5.56 Å². The van der Waals surface area contributed by atoms with Gasteiger partial charge in [0.25, 0.3) is 5.56 Å². The molecule has 2 aromatic carbocycles. The van der Waals surface area contributed by atoms with Gasteiger partial charge in [-0.3, -0.25) is 9.59 Å². The molecule has 0 saturated heterocycles. The normalized spacial score (nSPS) is 10.5. The molecular weight excluding hydrogens is 328 g/mol. The van der Waals surface area contributed by atoms with Crippen molar-refractivity contribution < 1.29 is 9.53 Å². The van der Waals surface area contributed by atoms with Gasteiger partial charge in [0.1, 0.15) is 5.75 Å². The molecule has 0 spiro atoms. The summed E-state index contributed by atoms with van der Waals surface area (Å²) < 4.78 is 6.96. The molecule has 1 amide bonds. The lowest BCUT2D eigenvalue weighted by atomic mass is 10.00. The summed E-state index contributed by atoms with van der Waals surface area (Å²) in [6.07, 6.45) is 1.49. The molecule has 0 fully saturated rings. The number of nitrogens with zero attached hydrogens (tertiary/aromatic N) is 1. The fourth-order valence-corrected chi connectivity index (χ4v) is 2.89. The highest BCUT2D eigenvalue weighted by molar-refractivity contribution is 5.92. The van der Waals surface area contributed by atoms with Crippen LogP contribution in [-0.4, -0.2) is 17.6 Å². The molecule has 3 aromatic rings. The van der Waals surface area contributed by atoms with Gasteiger partial charge in [0, 0.05) is 17.8 Å². The molecule has 3 rings (SSSR count). The molecule has 0 aliphatic rings. The zero-order valence-electron chi connectivity index (χ0n) is 14.7. The van der Waals surface area contributed by atoms with Gasteiger partial charge in [-0.05, 0) is 36.2 Å². The number of aromatic nitrogens is 1. The van der Waals surface area contributed by atoms with E-state index in [2.05, 4.69) is 6.07 Å². The van der Waals surface area contributed by atoms with Crippen molar-refractivity contribution in [1.82, 2.24) is 4.57 Å². The van der Waals surface area contributed by atoms with Crippen molar-refractivity contribution in [3.05, 3.63) is 87.8 Å². The summed E-state index contributed by atoms with van der Waals surface area (Å²) in [6, 6.07) is 16.7. The summed E-state index contributed by atoms with van der Waals surface area (Å²) in [5, 5.41) is 0. The molecule has 0 atom stereocenters. The van der Waals surface area contributed by atoms with Crippen LogP contribution in [0.4, 0.5) is 0 Å². The lowest BCUT2D eigenvalue weighted by Crippen LogP contribution is -2.22. The van der Waals surface area contributed by atoms with E-state index in [1.807, 2.05) is 43.3 Å². The highest BCUT2D eigenvalue weighted by Gasteiger charge is 2.09. The molecule has 1 heterocycles. The van der Waals surface area contributed by atoms with Crippen LogP contribution >= 0.6 is 0 Å². The zero-order valence-corrected chi connectivity index (χ0v) is 14.7. The topological polar surface area (TPSA) is 74.3 Å². The molecule has 0 saturated carbocycles. The molecule has 26 heavy (non-hydrogen) atoms. The SMILES string of the molecule is COc1ccc(Cn2cc(C(N)=O)ccc2=O)cc1-c1cccc(C)c1. The summed E-state index contributed by atoms with van der Waals surface area (Å²) in [5.74, 6) is 0.200. The first kappa shape index (κ1) is 17.5. The second kappa shape index (κ2) is 7.27. The average molecular weight is 348 g/mol. The maximum Gasteiger partial charge on any atom is 0.250 e. The smallest absolute Gasteiger partial charge is 0.250 e. The molecule has 132 valence electrons. The first-order valence-electron chi connectivity index (χ1n) is 8.22. The molecule has 5 nitrogen and oxygen atoms in total. The predicted octanol–water partition coefficient (Wildman–Crippen LogP) is 2.98. The molecule has 0 aliphatic heterocycles. The summed E-state index contributed by atoms with van der Waals surface area (Å²) in [6.45, 7) is 2.37. The minimum atomic E-state index is -0.561. The van der Waals surface area contributed by atoms with Crippen LogP contribution in [0.3, 0.4) is 0 Å². The summed E-state index contributed by atoms with van der Waals surface area (Å²) >= 11 is 0. The standard InChI is InChI=1S/C21H20N2O3/c1-14-4-3-5-16(10-14)18-11-15(6-8-19(18)26-2)12-23-13-17(21(22)25)7-9-20(23)24/h3-11,13H,12H2,1-2H3,(H2,22,25). The average Bonchev–Trinajstić information content (AvgIpc) is 2.63. The van der Waals surface area contributed by atoms with Crippen molar-refractivity contribution in [3.8, 4) is 16.9 Å². The van der Waals surface area contributed by atoms with Crippen LogP contribution in [0.1, 0.15) is 21.5 Å². The van der Waals surface area contributed by atoms with Crippen molar-refractivity contribution in [2.75, 3.05) is 7.11 Å². The van der Waals surface area contributed by atoms with Gasteiger partial charge in [-0.1, -0.05) is 35.9 Å². The Kier molecular flexibility index (Phi) is 4.89. The van der Waals surface area contributed by atoms with Crippen LogP contribution in [0, 0.1) is 6.92 Å². The van der Waals surface area contributed by atoms with E-state index in [4.69, 9.17) is 10.5 Å². The minimum Gasteiger partial charge on any atom is -0.496 e. The van der Waals surface area contributed by atoms with Gasteiger partial charge >= 0.3 is 0 Å². The quantitative estimate of drug-likeness (QED) is 0.770. The maximum atomic E-state index is 12.1. The number of amides is 1. The molecule has 1 aromatic heterocycles.